The molecule has 0 aliphatic heterocycles. The Morgan fingerprint density at radius 2 is 1.55 bits per heavy atom. The number of benzene rings is 3. The Bertz CT molecular complexity index is 1230. The molecule has 3 aromatic rings. The number of hydrogen-bond donors (Lipinski definition) is 1. The molecule has 0 bridgehead atoms. The zero-order valence-corrected chi connectivity index (χ0v) is 21.1. The van der Waals surface area contributed by atoms with Crippen molar-refractivity contribution in [3.8, 4) is 0 Å². The van der Waals surface area contributed by atoms with Gasteiger partial charge < -0.3 is 5.32 Å². The van der Waals surface area contributed by atoms with E-state index in [9.17, 15) is 13.2 Å². The second-order valence-electron chi connectivity index (χ2n) is 7.71. The molecule has 33 heavy (non-hydrogen) atoms. The average molecular weight is 526 g/mol. The Morgan fingerprint density at radius 3 is 2.15 bits per heavy atom. The van der Waals surface area contributed by atoms with E-state index in [0.29, 0.717) is 17.7 Å². The summed E-state index contributed by atoms with van der Waals surface area (Å²) in [7, 11) is -3.67. The lowest BCUT2D eigenvalue weighted by molar-refractivity contribution is 0.0951. The van der Waals surface area contributed by atoms with E-state index in [2.05, 4.69) is 5.32 Å². The van der Waals surface area contributed by atoms with Crippen molar-refractivity contribution in [1.82, 2.24) is 5.32 Å². The third-order valence-corrected chi connectivity index (χ3v) is 7.29. The van der Waals surface area contributed by atoms with E-state index in [-0.39, 0.29) is 39.1 Å². The van der Waals surface area contributed by atoms with Crippen LogP contribution in [0.3, 0.4) is 0 Å². The van der Waals surface area contributed by atoms with Crippen LogP contribution in [-0.4, -0.2) is 27.1 Å². The van der Waals surface area contributed by atoms with Crippen LogP contribution in [0.2, 0.25) is 15.1 Å². The summed E-state index contributed by atoms with van der Waals surface area (Å²) in [5, 5.41) is 3.53. The van der Waals surface area contributed by atoms with Crippen molar-refractivity contribution in [3.63, 3.8) is 0 Å². The van der Waals surface area contributed by atoms with Crippen LogP contribution in [0.5, 0.6) is 0 Å². The van der Waals surface area contributed by atoms with E-state index >= 15 is 0 Å². The first-order valence-electron chi connectivity index (χ1n) is 10.1. The third-order valence-electron chi connectivity index (χ3n) is 5.14. The van der Waals surface area contributed by atoms with Crippen LogP contribution >= 0.6 is 34.8 Å². The molecule has 3 rings (SSSR count). The molecule has 1 amide bonds. The number of anilines is 1. The van der Waals surface area contributed by atoms with Crippen LogP contribution in [0, 0.1) is 0 Å². The van der Waals surface area contributed by atoms with Gasteiger partial charge in [-0.25, -0.2) is 8.42 Å². The first kappa shape index (κ1) is 25.4. The van der Waals surface area contributed by atoms with Gasteiger partial charge in [-0.2, -0.15) is 0 Å². The smallest absolute Gasteiger partial charge is 0.251 e. The first-order chi connectivity index (χ1) is 15.6. The number of halogens is 3. The highest BCUT2D eigenvalue weighted by Crippen LogP contribution is 2.36. The van der Waals surface area contributed by atoms with E-state index in [1.165, 1.54) is 12.1 Å². The van der Waals surface area contributed by atoms with Gasteiger partial charge in [0.05, 0.1) is 33.6 Å². The lowest BCUT2D eigenvalue weighted by Gasteiger charge is -2.24. The number of carbonyl (C=O) groups excluding carboxylic acids is 1. The van der Waals surface area contributed by atoms with Crippen LogP contribution < -0.4 is 9.62 Å². The van der Waals surface area contributed by atoms with Gasteiger partial charge in [0.15, 0.2) is 0 Å². The van der Waals surface area contributed by atoms with Gasteiger partial charge in [-0.05, 0) is 41.3 Å². The van der Waals surface area contributed by atoms with Crippen molar-refractivity contribution in [2.24, 2.45) is 0 Å². The molecule has 174 valence electrons. The van der Waals surface area contributed by atoms with Gasteiger partial charge in [-0.1, -0.05) is 84.2 Å². The van der Waals surface area contributed by atoms with Gasteiger partial charge in [-0.15, -0.1) is 0 Å². The van der Waals surface area contributed by atoms with Gasteiger partial charge in [0.2, 0.25) is 10.0 Å². The molecule has 0 fully saturated rings. The fourth-order valence-corrected chi connectivity index (χ4v) is 4.84. The summed E-state index contributed by atoms with van der Waals surface area (Å²) in [6.07, 6.45) is 1.08. The molecule has 1 N–H and O–H groups in total. The van der Waals surface area contributed by atoms with E-state index in [1.807, 2.05) is 37.3 Å². The maximum atomic E-state index is 12.5. The summed E-state index contributed by atoms with van der Waals surface area (Å²) in [4.78, 5) is 12.5. The summed E-state index contributed by atoms with van der Waals surface area (Å²) >= 11 is 18.3. The molecule has 0 spiro atoms. The van der Waals surface area contributed by atoms with Crippen LogP contribution in [0.25, 0.3) is 0 Å². The highest BCUT2D eigenvalue weighted by molar-refractivity contribution is 7.92. The number of nitrogens with one attached hydrogen (secondary N) is 1. The summed E-state index contributed by atoms with van der Waals surface area (Å²) in [6, 6.07) is 19.5. The van der Waals surface area contributed by atoms with E-state index in [4.69, 9.17) is 34.8 Å². The zero-order valence-electron chi connectivity index (χ0n) is 18.1. The summed E-state index contributed by atoms with van der Waals surface area (Å²) < 4.78 is 26.1. The van der Waals surface area contributed by atoms with E-state index in [1.54, 1.807) is 24.3 Å². The predicted octanol–water partition coefficient (Wildman–Crippen LogP) is 6.15. The highest BCUT2D eigenvalue weighted by Gasteiger charge is 2.22. The van der Waals surface area contributed by atoms with Crippen molar-refractivity contribution < 1.29 is 13.2 Å². The predicted molar refractivity (Wildman–Crippen MR) is 136 cm³/mol. The number of rotatable bonds is 8. The Hall–Kier alpha value is -2.25. The van der Waals surface area contributed by atoms with E-state index < -0.39 is 10.0 Å². The van der Waals surface area contributed by atoms with Crippen molar-refractivity contribution in [3.05, 3.63) is 98.5 Å². The average Bonchev–Trinajstić information content (AvgIpc) is 2.78. The molecule has 3 aromatic carbocycles. The molecule has 0 aromatic heterocycles. The van der Waals surface area contributed by atoms with Crippen molar-refractivity contribution in [2.45, 2.75) is 19.4 Å². The van der Waals surface area contributed by atoms with Gasteiger partial charge in [0.1, 0.15) is 0 Å². The monoisotopic (exact) mass is 524 g/mol. The van der Waals surface area contributed by atoms with Gasteiger partial charge in [0.25, 0.3) is 5.91 Å². The van der Waals surface area contributed by atoms with Crippen molar-refractivity contribution in [2.75, 3.05) is 17.1 Å². The number of carbonyl (C=O) groups is 1. The lowest BCUT2D eigenvalue weighted by atomic mass is 10.0. The summed E-state index contributed by atoms with van der Waals surface area (Å²) in [5.41, 5.74) is 2.54. The maximum absolute atomic E-state index is 12.5. The first-order valence-corrected chi connectivity index (χ1v) is 13.1. The number of amides is 1. The molecular formula is C24H23Cl3N2O3S. The van der Waals surface area contributed by atoms with Crippen molar-refractivity contribution >= 4 is 56.4 Å². The Labute approximate surface area is 209 Å². The minimum atomic E-state index is -3.67. The largest absolute Gasteiger partial charge is 0.351 e. The van der Waals surface area contributed by atoms with Crippen LogP contribution in [-0.2, 0) is 16.6 Å². The molecule has 1 atom stereocenters. The van der Waals surface area contributed by atoms with Gasteiger partial charge >= 0.3 is 0 Å². The highest BCUT2D eigenvalue weighted by atomic mass is 35.5. The number of nitrogens with zero attached hydrogens (tertiary/aromatic N) is 1. The van der Waals surface area contributed by atoms with E-state index in [0.717, 1.165) is 16.1 Å². The fourth-order valence-electron chi connectivity index (χ4n) is 3.26. The minimum absolute atomic E-state index is 0.0173. The molecule has 0 aliphatic rings. The molecular weight excluding hydrogens is 503 g/mol. The standard InChI is InChI=1S/C24H23Cl3N2O3S/c1-16(18-6-4-3-5-7-18)14-28-24(30)19-10-8-17(9-11-19)15-29(33(2,31)32)23-13-21(26)20(25)12-22(23)27/h3-13,16H,14-15H2,1-2H3,(H,28,30)/t16-/m1/s1. The normalized spacial score (nSPS) is 12.3. The number of sulfonamides is 1. The lowest BCUT2D eigenvalue weighted by Crippen LogP contribution is -2.30. The maximum Gasteiger partial charge on any atom is 0.251 e. The second kappa shape index (κ2) is 10.8. The molecule has 5 nitrogen and oxygen atoms in total. The molecule has 0 saturated heterocycles. The van der Waals surface area contributed by atoms with Crippen LogP contribution in [0.1, 0.15) is 34.3 Å². The van der Waals surface area contributed by atoms with Crippen LogP contribution in [0.4, 0.5) is 5.69 Å². The fraction of sp³-hybridized carbons (Fsp3) is 0.208. The Kier molecular flexibility index (Phi) is 8.29. The second-order valence-corrected chi connectivity index (χ2v) is 10.8. The van der Waals surface area contributed by atoms with Gasteiger partial charge in [-0.3, -0.25) is 9.10 Å². The molecule has 0 aliphatic carbocycles. The Morgan fingerprint density at radius 1 is 0.939 bits per heavy atom. The number of hydrogen-bond acceptors (Lipinski definition) is 3. The van der Waals surface area contributed by atoms with Gasteiger partial charge in [0, 0.05) is 12.1 Å². The third kappa shape index (κ3) is 6.64. The van der Waals surface area contributed by atoms with Crippen LogP contribution in [0.15, 0.2) is 66.7 Å². The van der Waals surface area contributed by atoms with Crippen molar-refractivity contribution in [1.29, 1.82) is 0 Å². The summed E-state index contributed by atoms with van der Waals surface area (Å²) in [6.45, 7) is 2.57. The molecule has 0 saturated carbocycles. The topological polar surface area (TPSA) is 66.5 Å². The molecule has 0 radical (unpaired) electrons. The SMILES string of the molecule is C[C@H](CNC(=O)c1ccc(CN(c2cc(Cl)c(Cl)cc2Cl)S(C)(=O)=O)cc1)c1ccccc1. The zero-order chi connectivity index (χ0) is 24.2. The Balaban J connectivity index is 1.72. The summed E-state index contributed by atoms with van der Waals surface area (Å²) in [5.74, 6) is -0.0227. The molecule has 0 heterocycles. The molecule has 9 heteroatoms. The molecule has 0 unspecified atom stereocenters. The minimum Gasteiger partial charge on any atom is -0.351 e. The quantitative estimate of drug-likeness (QED) is 0.359.